The van der Waals surface area contributed by atoms with Gasteiger partial charge in [0.15, 0.2) is 0 Å². The monoisotopic (exact) mass is 157 g/mol. The number of aliphatic hydroxyl groups is 1. The number of hydrogen-bond donors (Lipinski definition) is 2. The van der Waals surface area contributed by atoms with Crippen molar-refractivity contribution in [1.29, 1.82) is 0 Å². The van der Waals surface area contributed by atoms with Crippen LogP contribution >= 0.6 is 0 Å². The highest BCUT2D eigenvalue weighted by atomic mass is 16.3. The van der Waals surface area contributed by atoms with Crippen LogP contribution in [0.4, 0.5) is 0 Å². The van der Waals surface area contributed by atoms with E-state index in [9.17, 15) is 5.11 Å². The van der Waals surface area contributed by atoms with Crippen LogP contribution in [0.3, 0.4) is 0 Å². The Balaban J connectivity index is 2.64. The van der Waals surface area contributed by atoms with Crippen molar-refractivity contribution in [3.05, 3.63) is 0 Å². The molecule has 1 rings (SSSR count). The van der Waals surface area contributed by atoms with Gasteiger partial charge in [-0.05, 0) is 25.2 Å². The molecule has 1 aliphatic rings. The number of hydrogen-bond acceptors (Lipinski definition) is 2. The standard InChI is InChI=1S/C9H19NO/c1-7(2,3)9(10)5-8(4,11)6-9/h11H,5-6,10H2,1-4H3. The van der Waals surface area contributed by atoms with Crippen LogP contribution in [0.2, 0.25) is 0 Å². The van der Waals surface area contributed by atoms with Gasteiger partial charge in [0.05, 0.1) is 5.60 Å². The number of rotatable bonds is 0. The molecule has 11 heavy (non-hydrogen) atoms. The van der Waals surface area contributed by atoms with Crippen molar-refractivity contribution in [2.24, 2.45) is 11.1 Å². The largest absolute Gasteiger partial charge is 0.390 e. The van der Waals surface area contributed by atoms with Crippen molar-refractivity contribution in [1.82, 2.24) is 0 Å². The van der Waals surface area contributed by atoms with E-state index in [0.717, 1.165) is 12.8 Å². The van der Waals surface area contributed by atoms with Gasteiger partial charge in [-0.3, -0.25) is 0 Å². The minimum Gasteiger partial charge on any atom is -0.390 e. The average molecular weight is 157 g/mol. The molecule has 0 aromatic heterocycles. The van der Waals surface area contributed by atoms with E-state index in [-0.39, 0.29) is 11.0 Å². The Hall–Kier alpha value is -0.0800. The van der Waals surface area contributed by atoms with Gasteiger partial charge in [0.25, 0.3) is 0 Å². The first-order valence-corrected chi connectivity index (χ1v) is 4.18. The van der Waals surface area contributed by atoms with Gasteiger partial charge >= 0.3 is 0 Å². The lowest BCUT2D eigenvalue weighted by Crippen LogP contribution is -2.67. The van der Waals surface area contributed by atoms with E-state index in [1.54, 1.807) is 0 Å². The third-order valence-corrected chi connectivity index (χ3v) is 2.89. The second kappa shape index (κ2) is 1.99. The molecule has 1 fully saturated rings. The van der Waals surface area contributed by atoms with Gasteiger partial charge in [-0.1, -0.05) is 20.8 Å². The summed E-state index contributed by atoms with van der Waals surface area (Å²) in [6, 6.07) is 0. The molecule has 0 unspecified atom stereocenters. The molecule has 2 nitrogen and oxygen atoms in total. The predicted molar refractivity (Wildman–Crippen MR) is 46.2 cm³/mol. The van der Waals surface area contributed by atoms with Crippen molar-refractivity contribution in [3.8, 4) is 0 Å². The maximum absolute atomic E-state index is 9.53. The first-order chi connectivity index (χ1) is 4.66. The minimum atomic E-state index is -0.512. The van der Waals surface area contributed by atoms with Crippen LogP contribution in [0, 0.1) is 5.41 Å². The normalized spacial score (nSPS) is 45.3. The highest BCUT2D eigenvalue weighted by molar-refractivity contribution is 5.11. The molecule has 0 bridgehead atoms. The van der Waals surface area contributed by atoms with Crippen LogP contribution in [-0.4, -0.2) is 16.2 Å². The molecule has 2 heteroatoms. The maximum Gasteiger partial charge on any atom is 0.0655 e. The Morgan fingerprint density at radius 2 is 1.64 bits per heavy atom. The smallest absolute Gasteiger partial charge is 0.0655 e. The fourth-order valence-electron chi connectivity index (χ4n) is 1.84. The van der Waals surface area contributed by atoms with Gasteiger partial charge in [-0.15, -0.1) is 0 Å². The van der Waals surface area contributed by atoms with Crippen LogP contribution in [0.25, 0.3) is 0 Å². The van der Waals surface area contributed by atoms with Gasteiger partial charge in [0, 0.05) is 5.54 Å². The summed E-state index contributed by atoms with van der Waals surface area (Å²) in [5.41, 5.74) is 5.53. The molecule has 3 N–H and O–H groups in total. The second-order valence-electron chi connectivity index (χ2n) is 5.26. The molecule has 0 aromatic carbocycles. The number of nitrogens with two attached hydrogens (primary N) is 1. The van der Waals surface area contributed by atoms with E-state index in [4.69, 9.17) is 5.73 Å². The molecule has 0 aromatic rings. The molecule has 0 atom stereocenters. The van der Waals surface area contributed by atoms with Crippen molar-refractivity contribution in [3.63, 3.8) is 0 Å². The molecule has 0 amide bonds. The Morgan fingerprint density at radius 1 is 1.27 bits per heavy atom. The Bertz CT molecular complexity index is 159. The van der Waals surface area contributed by atoms with Crippen LogP contribution in [-0.2, 0) is 0 Å². The highest BCUT2D eigenvalue weighted by Gasteiger charge is 2.54. The lowest BCUT2D eigenvalue weighted by Gasteiger charge is -2.56. The summed E-state index contributed by atoms with van der Waals surface area (Å²) in [6.45, 7) is 8.23. The highest BCUT2D eigenvalue weighted by Crippen LogP contribution is 2.49. The zero-order valence-electron chi connectivity index (χ0n) is 7.94. The first kappa shape index (κ1) is 9.01. The molecule has 0 radical (unpaired) electrons. The molecule has 0 heterocycles. The Labute approximate surface area is 68.8 Å². The molecule has 0 saturated heterocycles. The average Bonchev–Trinajstić information content (AvgIpc) is 1.55. The van der Waals surface area contributed by atoms with Crippen molar-refractivity contribution in [2.45, 2.75) is 51.7 Å². The predicted octanol–water partition coefficient (Wildman–Crippen LogP) is 1.27. The van der Waals surface area contributed by atoms with Gasteiger partial charge in [-0.2, -0.15) is 0 Å². The molecule has 0 aliphatic heterocycles. The summed E-state index contributed by atoms with van der Waals surface area (Å²) in [5.74, 6) is 0. The van der Waals surface area contributed by atoms with Gasteiger partial charge in [-0.25, -0.2) is 0 Å². The summed E-state index contributed by atoms with van der Waals surface area (Å²) >= 11 is 0. The van der Waals surface area contributed by atoms with Crippen molar-refractivity contribution < 1.29 is 5.11 Å². The van der Waals surface area contributed by atoms with Crippen molar-refractivity contribution >= 4 is 0 Å². The Kier molecular flexibility index (Phi) is 1.63. The van der Waals surface area contributed by atoms with E-state index in [1.165, 1.54) is 0 Å². The van der Waals surface area contributed by atoms with E-state index >= 15 is 0 Å². The summed E-state index contributed by atoms with van der Waals surface area (Å²) in [5, 5.41) is 9.53. The third kappa shape index (κ3) is 1.42. The fourth-order valence-corrected chi connectivity index (χ4v) is 1.84. The minimum absolute atomic E-state index is 0.106. The van der Waals surface area contributed by atoms with Gasteiger partial charge in [0.1, 0.15) is 0 Å². The zero-order chi connectivity index (χ0) is 8.91. The summed E-state index contributed by atoms with van der Waals surface area (Å²) in [4.78, 5) is 0. The van der Waals surface area contributed by atoms with E-state index < -0.39 is 5.60 Å². The maximum atomic E-state index is 9.53. The lowest BCUT2D eigenvalue weighted by atomic mass is 9.55. The zero-order valence-corrected chi connectivity index (χ0v) is 7.94. The van der Waals surface area contributed by atoms with Gasteiger partial charge < -0.3 is 10.8 Å². The quantitative estimate of drug-likeness (QED) is 0.556. The van der Waals surface area contributed by atoms with Crippen LogP contribution < -0.4 is 5.73 Å². The molecule has 1 aliphatic carbocycles. The van der Waals surface area contributed by atoms with Crippen molar-refractivity contribution in [2.75, 3.05) is 0 Å². The SMILES string of the molecule is CC1(O)CC(N)(C(C)(C)C)C1. The lowest BCUT2D eigenvalue weighted by molar-refractivity contribution is -0.109. The van der Waals surface area contributed by atoms with E-state index in [2.05, 4.69) is 20.8 Å². The van der Waals surface area contributed by atoms with Crippen LogP contribution in [0.15, 0.2) is 0 Å². The molecule has 1 saturated carbocycles. The summed E-state index contributed by atoms with van der Waals surface area (Å²) < 4.78 is 0. The van der Waals surface area contributed by atoms with Gasteiger partial charge in [0.2, 0.25) is 0 Å². The Morgan fingerprint density at radius 3 is 1.73 bits per heavy atom. The summed E-state index contributed by atoms with van der Waals surface area (Å²) in [6.07, 6.45) is 1.45. The summed E-state index contributed by atoms with van der Waals surface area (Å²) in [7, 11) is 0. The van der Waals surface area contributed by atoms with Crippen LogP contribution in [0.5, 0.6) is 0 Å². The fraction of sp³-hybridized carbons (Fsp3) is 1.00. The third-order valence-electron chi connectivity index (χ3n) is 2.89. The van der Waals surface area contributed by atoms with Crippen LogP contribution in [0.1, 0.15) is 40.5 Å². The molecular formula is C9H19NO. The molecule has 66 valence electrons. The van der Waals surface area contributed by atoms with E-state index in [1.807, 2.05) is 6.92 Å². The first-order valence-electron chi connectivity index (χ1n) is 4.18. The van der Waals surface area contributed by atoms with E-state index in [0.29, 0.717) is 0 Å². The molecular weight excluding hydrogens is 138 g/mol. The topological polar surface area (TPSA) is 46.2 Å². The molecule has 0 spiro atoms. The second-order valence-corrected chi connectivity index (χ2v) is 5.26.